The topological polar surface area (TPSA) is 76.1 Å². The fourth-order valence-corrected chi connectivity index (χ4v) is 2.10. The SMILES string of the molecule is COCCCNc1cc(C(=O)Nc2cc(Cl)ccc2C)ncn1. The number of aryl methyl sites for hydroxylation is 1. The van der Waals surface area contributed by atoms with E-state index in [4.69, 9.17) is 16.3 Å². The molecule has 0 bridgehead atoms. The number of ether oxygens (including phenoxy) is 1. The third-order valence-electron chi connectivity index (χ3n) is 3.18. The Morgan fingerprint density at radius 1 is 1.30 bits per heavy atom. The molecule has 0 radical (unpaired) electrons. The number of methoxy groups -OCH3 is 1. The summed E-state index contributed by atoms with van der Waals surface area (Å²) in [6.45, 7) is 3.27. The maximum Gasteiger partial charge on any atom is 0.274 e. The van der Waals surface area contributed by atoms with Gasteiger partial charge in [0.2, 0.25) is 0 Å². The van der Waals surface area contributed by atoms with Crippen molar-refractivity contribution in [1.29, 1.82) is 0 Å². The zero-order valence-corrected chi connectivity index (χ0v) is 13.9. The molecule has 1 aromatic carbocycles. The molecular weight excluding hydrogens is 316 g/mol. The van der Waals surface area contributed by atoms with Crippen LogP contribution in [0.1, 0.15) is 22.5 Å². The standard InChI is InChI=1S/C16H19ClN4O2/c1-11-4-5-12(17)8-13(11)21-16(22)14-9-15(20-10-19-14)18-6-3-7-23-2/h4-5,8-10H,3,6-7H2,1-2H3,(H,21,22)(H,18,19,20). The van der Waals surface area contributed by atoms with Crippen molar-refractivity contribution in [3.8, 4) is 0 Å². The van der Waals surface area contributed by atoms with Crippen LogP contribution < -0.4 is 10.6 Å². The van der Waals surface area contributed by atoms with Crippen LogP contribution >= 0.6 is 11.6 Å². The highest BCUT2D eigenvalue weighted by Gasteiger charge is 2.11. The van der Waals surface area contributed by atoms with Gasteiger partial charge in [-0.1, -0.05) is 17.7 Å². The Morgan fingerprint density at radius 2 is 2.13 bits per heavy atom. The molecule has 1 aromatic heterocycles. The van der Waals surface area contributed by atoms with Gasteiger partial charge in [-0.05, 0) is 31.0 Å². The number of carbonyl (C=O) groups is 1. The Balaban J connectivity index is 2.03. The number of hydrogen-bond donors (Lipinski definition) is 2. The molecule has 122 valence electrons. The van der Waals surface area contributed by atoms with Gasteiger partial charge in [-0.25, -0.2) is 9.97 Å². The van der Waals surface area contributed by atoms with E-state index in [0.717, 1.165) is 12.0 Å². The molecule has 0 fully saturated rings. The van der Waals surface area contributed by atoms with Crippen molar-refractivity contribution in [1.82, 2.24) is 9.97 Å². The summed E-state index contributed by atoms with van der Waals surface area (Å²) in [7, 11) is 1.66. The van der Waals surface area contributed by atoms with E-state index in [0.29, 0.717) is 29.7 Å². The lowest BCUT2D eigenvalue weighted by Gasteiger charge is -2.09. The molecular formula is C16H19ClN4O2. The van der Waals surface area contributed by atoms with Crippen LogP contribution in [0.25, 0.3) is 0 Å². The normalized spacial score (nSPS) is 10.4. The molecule has 2 aromatic rings. The maximum atomic E-state index is 12.3. The molecule has 0 atom stereocenters. The second kappa shape index (κ2) is 8.45. The van der Waals surface area contributed by atoms with Gasteiger partial charge in [0.25, 0.3) is 5.91 Å². The summed E-state index contributed by atoms with van der Waals surface area (Å²) in [5.74, 6) is 0.293. The summed E-state index contributed by atoms with van der Waals surface area (Å²) in [5.41, 5.74) is 1.87. The summed E-state index contributed by atoms with van der Waals surface area (Å²) in [6, 6.07) is 6.95. The van der Waals surface area contributed by atoms with Crippen molar-refractivity contribution in [2.24, 2.45) is 0 Å². The molecule has 1 amide bonds. The first-order valence-corrected chi connectivity index (χ1v) is 7.60. The predicted molar refractivity (Wildman–Crippen MR) is 91.2 cm³/mol. The van der Waals surface area contributed by atoms with E-state index in [9.17, 15) is 4.79 Å². The highest BCUT2D eigenvalue weighted by molar-refractivity contribution is 6.31. The fourth-order valence-electron chi connectivity index (χ4n) is 1.93. The number of carbonyl (C=O) groups excluding carboxylic acids is 1. The molecule has 7 heteroatoms. The van der Waals surface area contributed by atoms with Crippen molar-refractivity contribution in [3.63, 3.8) is 0 Å². The smallest absolute Gasteiger partial charge is 0.274 e. The van der Waals surface area contributed by atoms with Gasteiger partial charge in [-0.3, -0.25) is 4.79 Å². The first kappa shape index (κ1) is 17.2. The highest BCUT2D eigenvalue weighted by Crippen LogP contribution is 2.20. The monoisotopic (exact) mass is 334 g/mol. The van der Waals surface area contributed by atoms with Crippen LogP contribution in [-0.2, 0) is 4.74 Å². The fraction of sp³-hybridized carbons (Fsp3) is 0.312. The summed E-state index contributed by atoms with van der Waals surface area (Å²) in [6.07, 6.45) is 2.21. The Morgan fingerprint density at radius 3 is 2.91 bits per heavy atom. The van der Waals surface area contributed by atoms with Crippen LogP contribution in [0.2, 0.25) is 5.02 Å². The number of nitrogens with zero attached hydrogens (tertiary/aromatic N) is 2. The van der Waals surface area contributed by atoms with Gasteiger partial charge in [0, 0.05) is 37.0 Å². The van der Waals surface area contributed by atoms with Crippen LogP contribution in [0.3, 0.4) is 0 Å². The Hall–Kier alpha value is -2.18. The molecule has 0 aliphatic carbocycles. The zero-order chi connectivity index (χ0) is 16.7. The molecule has 2 rings (SSSR count). The minimum absolute atomic E-state index is 0.286. The van der Waals surface area contributed by atoms with Crippen LogP contribution in [0.15, 0.2) is 30.6 Å². The summed E-state index contributed by atoms with van der Waals surface area (Å²) < 4.78 is 4.98. The van der Waals surface area contributed by atoms with Crippen molar-refractivity contribution in [2.75, 3.05) is 30.9 Å². The van der Waals surface area contributed by atoms with Crippen LogP contribution in [0.5, 0.6) is 0 Å². The van der Waals surface area contributed by atoms with E-state index in [1.54, 1.807) is 25.3 Å². The van der Waals surface area contributed by atoms with E-state index in [1.807, 2.05) is 13.0 Å². The second-order valence-electron chi connectivity index (χ2n) is 4.97. The first-order valence-electron chi connectivity index (χ1n) is 7.22. The van der Waals surface area contributed by atoms with Crippen LogP contribution in [0.4, 0.5) is 11.5 Å². The number of halogens is 1. The van der Waals surface area contributed by atoms with Gasteiger partial charge in [0.05, 0.1) is 0 Å². The van der Waals surface area contributed by atoms with E-state index < -0.39 is 0 Å². The summed E-state index contributed by atoms with van der Waals surface area (Å²) in [5, 5.41) is 6.50. The Kier molecular flexibility index (Phi) is 6.31. The predicted octanol–water partition coefficient (Wildman–Crippen LogP) is 3.14. The molecule has 1 heterocycles. The van der Waals surface area contributed by atoms with Gasteiger partial charge in [-0.2, -0.15) is 0 Å². The van der Waals surface area contributed by atoms with Gasteiger partial charge in [0.1, 0.15) is 17.8 Å². The Bertz CT molecular complexity index is 679. The average Bonchev–Trinajstić information content (AvgIpc) is 2.55. The minimum Gasteiger partial charge on any atom is -0.385 e. The van der Waals surface area contributed by atoms with E-state index >= 15 is 0 Å². The lowest BCUT2D eigenvalue weighted by Crippen LogP contribution is -2.15. The van der Waals surface area contributed by atoms with E-state index in [2.05, 4.69) is 20.6 Å². The lowest BCUT2D eigenvalue weighted by atomic mass is 10.2. The number of nitrogens with one attached hydrogen (secondary N) is 2. The minimum atomic E-state index is -0.308. The average molecular weight is 335 g/mol. The van der Waals surface area contributed by atoms with Crippen LogP contribution in [0, 0.1) is 6.92 Å². The zero-order valence-electron chi connectivity index (χ0n) is 13.1. The van der Waals surface area contributed by atoms with Crippen molar-refractivity contribution < 1.29 is 9.53 Å². The molecule has 0 unspecified atom stereocenters. The van der Waals surface area contributed by atoms with Crippen molar-refractivity contribution in [2.45, 2.75) is 13.3 Å². The number of rotatable bonds is 7. The van der Waals surface area contributed by atoms with Crippen molar-refractivity contribution >= 4 is 29.0 Å². The molecule has 0 spiro atoms. The Labute approximate surface area is 140 Å². The maximum absolute atomic E-state index is 12.3. The number of amides is 1. The summed E-state index contributed by atoms with van der Waals surface area (Å²) >= 11 is 5.96. The molecule has 6 nitrogen and oxygen atoms in total. The molecule has 0 saturated heterocycles. The third-order valence-corrected chi connectivity index (χ3v) is 3.41. The second-order valence-corrected chi connectivity index (χ2v) is 5.41. The largest absolute Gasteiger partial charge is 0.385 e. The quantitative estimate of drug-likeness (QED) is 0.761. The van der Waals surface area contributed by atoms with E-state index in [-0.39, 0.29) is 11.6 Å². The van der Waals surface area contributed by atoms with Gasteiger partial charge < -0.3 is 15.4 Å². The van der Waals surface area contributed by atoms with Gasteiger partial charge >= 0.3 is 0 Å². The molecule has 0 saturated carbocycles. The number of anilines is 2. The van der Waals surface area contributed by atoms with Crippen molar-refractivity contribution in [3.05, 3.63) is 46.9 Å². The molecule has 2 N–H and O–H groups in total. The molecule has 23 heavy (non-hydrogen) atoms. The van der Waals surface area contributed by atoms with Crippen LogP contribution in [-0.4, -0.2) is 36.1 Å². The first-order chi connectivity index (χ1) is 11.1. The van der Waals surface area contributed by atoms with E-state index in [1.165, 1.54) is 6.33 Å². The number of hydrogen-bond acceptors (Lipinski definition) is 5. The third kappa shape index (κ3) is 5.19. The number of benzene rings is 1. The molecule has 0 aliphatic rings. The highest BCUT2D eigenvalue weighted by atomic mass is 35.5. The number of aromatic nitrogens is 2. The van der Waals surface area contributed by atoms with Gasteiger partial charge in [-0.15, -0.1) is 0 Å². The summed E-state index contributed by atoms with van der Waals surface area (Å²) in [4.78, 5) is 20.4. The lowest BCUT2D eigenvalue weighted by molar-refractivity contribution is 0.102. The van der Waals surface area contributed by atoms with Gasteiger partial charge in [0.15, 0.2) is 0 Å². The molecule has 0 aliphatic heterocycles.